The summed E-state index contributed by atoms with van der Waals surface area (Å²) in [5.41, 5.74) is 8.93. The van der Waals surface area contributed by atoms with E-state index in [0.29, 0.717) is 12.2 Å². The van der Waals surface area contributed by atoms with Crippen molar-refractivity contribution in [2.75, 3.05) is 13.2 Å². The van der Waals surface area contributed by atoms with Crippen LogP contribution in [0.2, 0.25) is 0 Å². The highest BCUT2D eigenvalue weighted by atomic mass is 16.8. The molecule has 0 radical (unpaired) electrons. The Morgan fingerprint density at radius 2 is 1.69 bits per heavy atom. The average molecular weight is 483 g/mol. The van der Waals surface area contributed by atoms with E-state index in [9.17, 15) is 4.79 Å². The minimum absolute atomic E-state index is 0.206. The SMILES string of the molecule is O=C(NOC1CCCCO1)c1cc(-c2ccc(-c3ccc(CCCO)cc3)cc2)nc2ccccc12. The predicted molar refractivity (Wildman–Crippen MR) is 140 cm³/mol. The number of hydrogen-bond acceptors (Lipinski definition) is 5. The van der Waals surface area contributed by atoms with E-state index in [4.69, 9.17) is 19.7 Å². The molecular weight excluding hydrogens is 452 g/mol. The molecule has 0 bridgehead atoms. The number of nitrogens with zero attached hydrogens (tertiary/aromatic N) is 1. The van der Waals surface area contributed by atoms with Crippen molar-refractivity contribution in [1.29, 1.82) is 0 Å². The third-order valence-electron chi connectivity index (χ3n) is 6.47. The maximum atomic E-state index is 13.1. The molecule has 6 heteroatoms. The van der Waals surface area contributed by atoms with E-state index in [-0.39, 0.29) is 12.5 Å². The monoisotopic (exact) mass is 482 g/mol. The number of aromatic nitrogens is 1. The fraction of sp³-hybridized carbons (Fsp3) is 0.267. The number of para-hydroxylation sites is 1. The summed E-state index contributed by atoms with van der Waals surface area (Å²) in [6.07, 6.45) is 4.03. The Labute approximate surface area is 210 Å². The van der Waals surface area contributed by atoms with Crippen LogP contribution in [0, 0.1) is 0 Å². The first kappa shape index (κ1) is 24.1. The summed E-state index contributed by atoms with van der Waals surface area (Å²) in [7, 11) is 0. The van der Waals surface area contributed by atoms with Gasteiger partial charge in [0.2, 0.25) is 0 Å². The number of aliphatic hydroxyl groups is 1. The Hall–Kier alpha value is -3.58. The van der Waals surface area contributed by atoms with Crippen LogP contribution in [0.5, 0.6) is 0 Å². The van der Waals surface area contributed by atoms with E-state index in [1.807, 2.05) is 42.5 Å². The zero-order valence-corrected chi connectivity index (χ0v) is 20.2. The molecule has 184 valence electrons. The van der Waals surface area contributed by atoms with Gasteiger partial charge in [0.25, 0.3) is 5.91 Å². The van der Waals surface area contributed by atoms with Crippen LogP contribution in [0.25, 0.3) is 33.3 Å². The molecule has 4 aromatic rings. The summed E-state index contributed by atoms with van der Waals surface area (Å²) >= 11 is 0. The number of hydrogen-bond donors (Lipinski definition) is 2. The molecule has 3 aromatic carbocycles. The lowest BCUT2D eigenvalue weighted by Gasteiger charge is -2.22. The standard InChI is InChI=1S/C30H30N2O4/c33-18-5-6-21-10-12-22(13-11-21)23-14-16-24(17-15-23)28-20-26(25-7-1-2-8-27(25)31-28)30(34)32-36-29-9-3-4-19-35-29/h1-2,7-8,10-17,20,29,33H,3-6,9,18-19H2,(H,32,34). The Morgan fingerprint density at radius 3 is 2.42 bits per heavy atom. The van der Waals surface area contributed by atoms with Crippen molar-refractivity contribution in [3.05, 3.63) is 90.0 Å². The zero-order valence-electron chi connectivity index (χ0n) is 20.2. The van der Waals surface area contributed by atoms with Crippen molar-refractivity contribution < 1.29 is 19.5 Å². The van der Waals surface area contributed by atoms with Gasteiger partial charge in [0.05, 0.1) is 16.8 Å². The van der Waals surface area contributed by atoms with E-state index < -0.39 is 6.29 Å². The van der Waals surface area contributed by atoms with E-state index >= 15 is 0 Å². The van der Waals surface area contributed by atoms with Crippen LogP contribution in [0.4, 0.5) is 0 Å². The number of amides is 1. The second-order valence-electron chi connectivity index (χ2n) is 9.02. The van der Waals surface area contributed by atoms with Gasteiger partial charge < -0.3 is 9.84 Å². The number of nitrogens with one attached hydrogen (secondary N) is 1. The van der Waals surface area contributed by atoms with Gasteiger partial charge >= 0.3 is 0 Å². The lowest BCUT2D eigenvalue weighted by atomic mass is 9.99. The lowest BCUT2D eigenvalue weighted by molar-refractivity contribution is -0.186. The molecule has 1 saturated heterocycles. The molecule has 36 heavy (non-hydrogen) atoms. The fourth-order valence-electron chi connectivity index (χ4n) is 4.47. The molecule has 0 spiro atoms. The zero-order chi connectivity index (χ0) is 24.7. The van der Waals surface area contributed by atoms with Gasteiger partial charge in [0.15, 0.2) is 6.29 Å². The van der Waals surface area contributed by atoms with Gasteiger partial charge in [-0.05, 0) is 54.5 Å². The van der Waals surface area contributed by atoms with Crippen molar-refractivity contribution in [1.82, 2.24) is 10.5 Å². The topological polar surface area (TPSA) is 80.7 Å². The minimum Gasteiger partial charge on any atom is -0.396 e. The Morgan fingerprint density at radius 1 is 0.972 bits per heavy atom. The second kappa shape index (κ2) is 11.4. The van der Waals surface area contributed by atoms with Crippen LogP contribution in [0.3, 0.4) is 0 Å². The molecule has 1 aliphatic heterocycles. The van der Waals surface area contributed by atoms with Gasteiger partial charge in [-0.15, -0.1) is 0 Å². The summed E-state index contributed by atoms with van der Waals surface area (Å²) in [6.45, 7) is 0.851. The van der Waals surface area contributed by atoms with Crippen LogP contribution in [0.15, 0.2) is 78.9 Å². The number of ether oxygens (including phenoxy) is 1. The number of fused-ring (bicyclic) bond motifs is 1. The molecular formula is C30H30N2O4. The normalized spacial score (nSPS) is 15.6. The van der Waals surface area contributed by atoms with E-state index in [2.05, 4.69) is 41.9 Å². The molecule has 1 fully saturated rings. The van der Waals surface area contributed by atoms with Crippen LogP contribution in [0.1, 0.15) is 41.6 Å². The second-order valence-corrected chi connectivity index (χ2v) is 9.02. The van der Waals surface area contributed by atoms with Gasteiger partial charge in [0, 0.05) is 30.6 Å². The summed E-state index contributed by atoms with van der Waals surface area (Å²) < 4.78 is 5.56. The highest BCUT2D eigenvalue weighted by Gasteiger charge is 2.18. The molecule has 5 rings (SSSR count). The molecule has 1 atom stereocenters. The van der Waals surface area contributed by atoms with Crippen LogP contribution in [-0.4, -0.2) is 35.5 Å². The first-order chi connectivity index (χ1) is 17.7. The number of benzene rings is 3. The molecule has 6 nitrogen and oxygen atoms in total. The number of aryl methyl sites for hydroxylation is 1. The quantitative estimate of drug-likeness (QED) is 0.316. The minimum atomic E-state index is -0.411. The summed E-state index contributed by atoms with van der Waals surface area (Å²) in [6, 6.07) is 26.0. The number of aliphatic hydroxyl groups excluding tert-OH is 1. The molecule has 1 aromatic heterocycles. The Kier molecular flexibility index (Phi) is 7.67. The fourth-order valence-corrected chi connectivity index (χ4v) is 4.47. The first-order valence-electron chi connectivity index (χ1n) is 12.5. The van der Waals surface area contributed by atoms with Gasteiger partial charge in [-0.1, -0.05) is 66.7 Å². The summed E-state index contributed by atoms with van der Waals surface area (Å²) in [5, 5.41) is 9.80. The average Bonchev–Trinajstić information content (AvgIpc) is 2.95. The third kappa shape index (κ3) is 5.62. The molecule has 1 aliphatic rings. The highest BCUT2D eigenvalue weighted by molar-refractivity contribution is 6.06. The Balaban J connectivity index is 1.38. The maximum Gasteiger partial charge on any atom is 0.275 e. The maximum absolute atomic E-state index is 13.1. The Bertz CT molecular complexity index is 1310. The number of hydroxylamine groups is 1. The number of carbonyl (C=O) groups is 1. The largest absolute Gasteiger partial charge is 0.396 e. The molecule has 1 unspecified atom stereocenters. The van der Waals surface area contributed by atoms with Crippen LogP contribution >= 0.6 is 0 Å². The summed E-state index contributed by atoms with van der Waals surface area (Å²) in [5.74, 6) is -0.318. The third-order valence-corrected chi connectivity index (χ3v) is 6.47. The molecule has 0 aliphatic carbocycles. The predicted octanol–water partition coefficient (Wildman–Crippen LogP) is 5.68. The van der Waals surface area contributed by atoms with Gasteiger partial charge in [-0.3, -0.25) is 4.79 Å². The van der Waals surface area contributed by atoms with Crippen molar-refractivity contribution in [2.45, 2.75) is 38.4 Å². The van der Waals surface area contributed by atoms with E-state index in [0.717, 1.165) is 65.4 Å². The number of pyridine rings is 1. The summed E-state index contributed by atoms with van der Waals surface area (Å²) in [4.78, 5) is 23.4. The highest BCUT2D eigenvalue weighted by Crippen LogP contribution is 2.28. The molecule has 2 heterocycles. The van der Waals surface area contributed by atoms with Crippen molar-refractivity contribution in [3.8, 4) is 22.4 Å². The van der Waals surface area contributed by atoms with Crippen LogP contribution in [-0.2, 0) is 16.0 Å². The van der Waals surface area contributed by atoms with Crippen molar-refractivity contribution in [2.24, 2.45) is 0 Å². The first-order valence-corrected chi connectivity index (χ1v) is 12.5. The van der Waals surface area contributed by atoms with Gasteiger partial charge in [0.1, 0.15) is 0 Å². The molecule has 2 N–H and O–H groups in total. The van der Waals surface area contributed by atoms with Crippen molar-refractivity contribution in [3.63, 3.8) is 0 Å². The van der Waals surface area contributed by atoms with E-state index in [1.165, 1.54) is 5.56 Å². The lowest BCUT2D eigenvalue weighted by Crippen LogP contribution is -2.33. The smallest absolute Gasteiger partial charge is 0.275 e. The number of carbonyl (C=O) groups excluding carboxylic acids is 1. The van der Waals surface area contributed by atoms with Crippen LogP contribution < -0.4 is 5.48 Å². The number of rotatable bonds is 8. The van der Waals surface area contributed by atoms with Gasteiger partial charge in [-0.2, -0.15) is 0 Å². The van der Waals surface area contributed by atoms with Crippen molar-refractivity contribution >= 4 is 16.8 Å². The molecule has 0 saturated carbocycles. The van der Waals surface area contributed by atoms with Gasteiger partial charge in [-0.25, -0.2) is 15.3 Å². The van der Waals surface area contributed by atoms with E-state index in [1.54, 1.807) is 0 Å². The molecule has 1 amide bonds.